The van der Waals surface area contributed by atoms with Gasteiger partial charge in [0.25, 0.3) is 5.91 Å². The Morgan fingerprint density at radius 3 is 2.80 bits per heavy atom. The highest BCUT2D eigenvalue weighted by molar-refractivity contribution is 6.34. The van der Waals surface area contributed by atoms with Gasteiger partial charge >= 0.3 is 0 Å². The zero-order chi connectivity index (χ0) is 29.1. The minimum absolute atomic E-state index is 0.00543. The topological polar surface area (TPSA) is 144 Å². The van der Waals surface area contributed by atoms with Gasteiger partial charge in [0, 0.05) is 61.3 Å². The number of hydrogen-bond acceptors (Lipinski definition) is 10. The molecule has 1 atom stereocenters. The first-order valence-electron chi connectivity index (χ1n) is 13.4. The lowest BCUT2D eigenvalue weighted by Gasteiger charge is -2.29. The summed E-state index contributed by atoms with van der Waals surface area (Å²) in [5.74, 6) is 0.350. The van der Waals surface area contributed by atoms with Crippen LogP contribution in [0, 0.1) is 0 Å². The third kappa shape index (κ3) is 5.98. The molecule has 12 heteroatoms. The molecule has 0 bridgehead atoms. The van der Waals surface area contributed by atoms with E-state index in [1.807, 2.05) is 25.1 Å². The van der Waals surface area contributed by atoms with Gasteiger partial charge in [0.2, 0.25) is 5.95 Å². The van der Waals surface area contributed by atoms with E-state index in [2.05, 4.69) is 26.0 Å². The molecule has 0 radical (unpaired) electrons. The van der Waals surface area contributed by atoms with Crippen LogP contribution in [0.4, 0.5) is 17.3 Å². The van der Waals surface area contributed by atoms with E-state index in [0.29, 0.717) is 55.6 Å². The molecule has 2 aliphatic rings. The highest BCUT2D eigenvalue weighted by Crippen LogP contribution is 2.41. The van der Waals surface area contributed by atoms with Gasteiger partial charge in [-0.1, -0.05) is 18.5 Å². The van der Waals surface area contributed by atoms with Crippen molar-refractivity contribution in [2.75, 3.05) is 51.0 Å². The third-order valence-electron chi connectivity index (χ3n) is 7.55. The number of piperidine rings is 1. The number of aromatic nitrogens is 2. The van der Waals surface area contributed by atoms with Crippen LogP contribution < -0.4 is 20.8 Å². The highest BCUT2D eigenvalue weighted by atomic mass is 35.5. The molecule has 3 heterocycles. The smallest absolute Gasteiger partial charge is 0.267 e. The van der Waals surface area contributed by atoms with Crippen LogP contribution in [0.1, 0.15) is 41.3 Å². The Morgan fingerprint density at radius 1 is 1.32 bits per heavy atom. The van der Waals surface area contributed by atoms with Gasteiger partial charge in [0.1, 0.15) is 5.75 Å². The number of halogens is 1. The van der Waals surface area contributed by atoms with Gasteiger partial charge in [-0.2, -0.15) is 0 Å². The zero-order valence-corrected chi connectivity index (χ0v) is 24.0. The van der Waals surface area contributed by atoms with Gasteiger partial charge in [-0.25, -0.2) is 15.0 Å². The minimum atomic E-state index is -0.427. The van der Waals surface area contributed by atoms with E-state index < -0.39 is 5.41 Å². The molecule has 2 aromatic carbocycles. The molecule has 1 unspecified atom stereocenters. The van der Waals surface area contributed by atoms with Gasteiger partial charge in [0.05, 0.1) is 41.8 Å². The second-order valence-electron chi connectivity index (χ2n) is 10.5. The molecule has 0 aliphatic carbocycles. The molecule has 1 amide bonds. The molecule has 1 saturated heterocycles. The van der Waals surface area contributed by atoms with Crippen LogP contribution in [0.25, 0.3) is 11.3 Å². The number of fused-ring (bicyclic) bond motifs is 1. The molecule has 1 fully saturated rings. The molecule has 1 aromatic heterocycles. The molecule has 3 aromatic rings. The average Bonchev–Trinajstić information content (AvgIpc) is 3.31. The first-order chi connectivity index (χ1) is 19.7. The van der Waals surface area contributed by atoms with Crippen molar-refractivity contribution >= 4 is 41.0 Å². The predicted molar refractivity (Wildman–Crippen MR) is 159 cm³/mol. The standard InChI is InChI=1S/C29H34ClN7O4/c1-29(16-38)15-33-26-18(14-31-2)10-17(11-21(26)29)23-4-7-32-28(34-23)35-24-13-22(30)20(12-25(24)41-3)27(40)36-37-8-5-19(39)6-9-37/h4,7,10-14,19,33,38-39H,5-6,8-9,15-16H2,1-3H3,(H,36,40)(H,32,34,35). The Kier molecular flexibility index (Phi) is 8.41. The molecule has 5 rings (SSSR count). The Labute approximate surface area is 243 Å². The number of hydrazine groups is 1. The maximum absolute atomic E-state index is 12.9. The number of amides is 1. The molecule has 2 aliphatic heterocycles. The lowest BCUT2D eigenvalue weighted by molar-refractivity contribution is 0.0467. The Balaban J connectivity index is 1.41. The summed E-state index contributed by atoms with van der Waals surface area (Å²) in [4.78, 5) is 26.3. The zero-order valence-electron chi connectivity index (χ0n) is 23.2. The third-order valence-corrected chi connectivity index (χ3v) is 7.86. The Morgan fingerprint density at radius 2 is 2.10 bits per heavy atom. The fraction of sp³-hybridized carbons (Fsp3) is 0.379. The number of ether oxygens (including phenoxy) is 1. The number of anilines is 3. The summed E-state index contributed by atoms with van der Waals surface area (Å²) < 4.78 is 5.56. The van der Waals surface area contributed by atoms with Crippen molar-refractivity contribution in [2.24, 2.45) is 4.99 Å². The van der Waals surface area contributed by atoms with Crippen LogP contribution in [0.15, 0.2) is 41.5 Å². The largest absolute Gasteiger partial charge is 0.495 e. The molecular weight excluding hydrogens is 546 g/mol. The van der Waals surface area contributed by atoms with Gasteiger partial charge in [0.15, 0.2) is 0 Å². The quantitative estimate of drug-likeness (QED) is 0.254. The van der Waals surface area contributed by atoms with Crippen molar-refractivity contribution in [3.8, 4) is 17.0 Å². The molecule has 0 saturated carbocycles. The van der Waals surface area contributed by atoms with Crippen molar-refractivity contribution in [2.45, 2.75) is 31.3 Å². The summed E-state index contributed by atoms with van der Waals surface area (Å²) in [7, 11) is 3.23. The highest BCUT2D eigenvalue weighted by Gasteiger charge is 2.35. The van der Waals surface area contributed by atoms with Crippen molar-refractivity contribution in [1.29, 1.82) is 0 Å². The van der Waals surface area contributed by atoms with Crippen molar-refractivity contribution in [3.05, 3.63) is 58.2 Å². The van der Waals surface area contributed by atoms with Gasteiger partial charge in [-0.3, -0.25) is 15.2 Å². The predicted octanol–water partition coefficient (Wildman–Crippen LogP) is 3.37. The first kappa shape index (κ1) is 28.7. The maximum atomic E-state index is 12.9. The second-order valence-corrected chi connectivity index (χ2v) is 10.9. The van der Waals surface area contributed by atoms with Crippen molar-refractivity contribution < 1.29 is 19.7 Å². The monoisotopic (exact) mass is 579 g/mol. The molecule has 5 N–H and O–H groups in total. The van der Waals surface area contributed by atoms with Crippen molar-refractivity contribution in [1.82, 2.24) is 20.4 Å². The molecular formula is C29H34ClN7O4. The summed E-state index contributed by atoms with van der Waals surface area (Å²) in [6.45, 7) is 3.76. The van der Waals surface area contributed by atoms with Crippen LogP contribution >= 0.6 is 11.6 Å². The van der Waals surface area contributed by atoms with E-state index in [1.54, 1.807) is 36.6 Å². The normalized spacial score (nSPS) is 19.2. The summed E-state index contributed by atoms with van der Waals surface area (Å²) in [5, 5.41) is 28.4. The van der Waals surface area contributed by atoms with E-state index in [1.165, 1.54) is 7.11 Å². The molecule has 216 valence electrons. The number of aliphatic imine (C=N–C) groups is 1. The van der Waals surface area contributed by atoms with Crippen LogP contribution in [0.3, 0.4) is 0 Å². The number of nitrogens with zero attached hydrogens (tertiary/aromatic N) is 4. The molecule has 41 heavy (non-hydrogen) atoms. The number of nitrogens with one attached hydrogen (secondary N) is 3. The molecule has 0 spiro atoms. The number of aliphatic hydroxyl groups excluding tert-OH is 2. The van der Waals surface area contributed by atoms with Crippen molar-refractivity contribution in [3.63, 3.8) is 0 Å². The van der Waals surface area contributed by atoms with Crippen LogP contribution in [0.2, 0.25) is 5.02 Å². The van der Waals surface area contributed by atoms with E-state index in [4.69, 9.17) is 21.3 Å². The van der Waals surface area contributed by atoms with E-state index >= 15 is 0 Å². The van der Waals surface area contributed by atoms with Gasteiger partial charge in [-0.05, 0) is 48.7 Å². The second kappa shape index (κ2) is 12.0. The number of hydrogen-bond donors (Lipinski definition) is 5. The van der Waals surface area contributed by atoms with Gasteiger partial charge < -0.3 is 25.6 Å². The van der Waals surface area contributed by atoms with Gasteiger partial charge in [-0.15, -0.1) is 0 Å². The fourth-order valence-electron chi connectivity index (χ4n) is 5.12. The summed E-state index contributed by atoms with van der Waals surface area (Å²) in [5.41, 5.74) is 7.59. The minimum Gasteiger partial charge on any atom is -0.495 e. The summed E-state index contributed by atoms with van der Waals surface area (Å²) >= 11 is 6.53. The number of carbonyl (C=O) groups excluding carboxylic acids is 1. The van der Waals surface area contributed by atoms with E-state index in [9.17, 15) is 15.0 Å². The SMILES string of the molecule is CN=Cc1cc(-c2ccnc(Nc3cc(Cl)c(C(=O)NN4CCC(O)CC4)cc3OC)n2)cc2c1NCC2(C)CO. The van der Waals surface area contributed by atoms with Crippen LogP contribution in [0.5, 0.6) is 5.75 Å². The van der Waals surface area contributed by atoms with Crippen LogP contribution in [-0.4, -0.2) is 83.8 Å². The fourth-order valence-corrected chi connectivity index (χ4v) is 5.37. The first-order valence-corrected chi connectivity index (χ1v) is 13.8. The summed E-state index contributed by atoms with van der Waals surface area (Å²) in [6.07, 6.45) is 4.29. The van der Waals surface area contributed by atoms with E-state index in [0.717, 1.165) is 22.4 Å². The van der Waals surface area contributed by atoms with E-state index in [-0.39, 0.29) is 29.2 Å². The number of aliphatic hydroxyl groups is 2. The lowest BCUT2D eigenvalue weighted by atomic mass is 9.83. The number of carbonyl (C=O) groups is 1. The maximum Gasteiger partial charge on any atom is 0.267 e. The number of benzene rings is 2. The molecule has 11 nitrogen and oxygen atoms in total. The average molecular weight is 580 g/mol. The Bertz CT molecular complexity index is 1480. The lowest BCUT2D eigenvalue weighted by Crippen LogP contribution is -2.47. The van der Waals surface area contributed by atoms with Crippen LogP contribution in [-0.2, 0) is 5.41 Å². The Hall–Kier alpha value is -3.77. The number of methoxy groups -OCH3 is 1. The summed E-state index contributed by atoms with van der Waals surface area (Å²) in [6, 6.07) is 9.04. The number of rotatable bonds is 8.